The molecule has 1 atom stereocenters. The third-order valence-electron chi connectivity index (χ3n) is 3.19. The number of benzene rings is 2. The molecule has 0 aliphatic rings. The van der Waals surface area contributed by atoms with Gasteiger partial charge in [-0.1, -0.05) is 42.5 Å². The van der Waals surface area contributed by atoms with Crippen LogP contribution in [0.5, 0.6) is 5.75 Å². The molecule has 2 aromatic rings. The van der Waals surface area contributed by atoms with Gasteiger partial charge in [-0.15, -0.1) is 0 Å². The Kier molecular flexibility index (Phi) is 5.81. The molecule has 0 saturated carbocycles. The molecular weight excluding hydrogens is 262 g/mol. The molecule has 2 rings (SSSR count). The third-order valence-corrected chi connectivity index (χ3v) is 3.19. The van der Waals surface area contributed by atoms with Crippen molar-refractivity contribution in [3.8, 4) is 11.8 Å². The highest BCUT2D eigenvalue weighted by molar-refractivity contribution is 5.42. The summed E-state index contributed by atoms with van der Waals surface area (Å²) in [6, 6.07) is 19.5. The van der Waals surface area contributed by atoms with Crippen LogP contribution in [0.25, 0.3) is 0 Å². The van der Waals surface area contributed by atoms with E-state index in [1.54, 1.807) is 6.07 Å². The van der Waals surface area contributed by atoms with Crippen molar-refractivity contribution in [1.29, 1.82) is 5.26 Å². The Balaban J connectivity index is 1.70. The molecule has 0 saturated heterocycles. The van der Waals surface area contributed by atoms with E-state index in [4.69, 9.17) is 14.7 Å². The predicted molar refractivity (Wildman–Crippen MR) is 82.1 cm³/mol. The minimum absolute atomic E-state index is 0.0811. The Morgan fingerprint density at radius 1 is 1.00 bits per heavy atom. The Morgan fingerprint density at radius 3 is 2.48 bits per heavy atom. The Labute approximate surface area is 125 Å². The molecule has 0 amide bonds. The highest BCUT2D eigenvalue weighted by Gasteiger charge is 2.05. The third kappa shape index (κ3) is 4.62. The van der Waals surface area contributed by atoms with Gasteiger partial charge in [-0.25, -0.2) is 0 Å². The molecule has 0 aliphatic heterocycles. The van der Waals surface area contributed by atoms with Crippen LogP contribution in [0.15, 0.2) is 54.6 Å². The second-order valence-corrected chi connectivity index (χ2v) is 4.73. The molecule has 0 aliphatic carbocycles. The van der Waals surface area contributed by atoms with E-state index in [1.807, 2.05) is 43.3 Å². The van der Waals surface area contributed by atoms with Crippen LogP contribution >= 0.6 is 0 Å². The van der Waals surface area contributed by atoms with Gasteiger partial charge in [-0.3, -0.25) is 0 Å². The molecule has 2 aromatic carbocycles. The van der Waals surface area contributed by atoms with Crippen LogP contribution in [0.1, 0.15) is 30.6 Å². The van der Waals surface area contributed by atoms with Gasteiger partial charge in [0.05, 0.1) is 24.9 Å². The fourth-order valence-electron chi connectivity index (χ4n) is 2.01. The average Bonchev–Trinajstić information content (AvgIpc) is 2.55. The van der Waals surface area contributed by atoms with E-state index >= 15 is 0 Å². The normalized spacial score (nSPS) is 11.6. The van der Waals surface area contributed by atoms with E-state index in [-0.39, 0.29) is 6.10 Å². The molecule has 21 heavy (non-hydrogen) atoms. The molecule has 0 N–H and O–H groups in total. The van der Waals surface area contributed by atoms with E-state index in [9.17, 15) is 0 Å². The maximum atomic E-state index is 8.97. The number of hydrogen-bond donors (Lipinski definition) is 0. The van der Waals surface area contributed by atoms with Crippen LogP contribution in [0.2, 0.25) is 0 Å². The van der Waals surface area contributed by atoms with E-state index in [2.05, 4.69) is 18.2 Å². The van der Waals surface area contributed by atoms with Gasteiger partial charge in [-0.2, -0.15) is 5.26 Å². The summed E-state index contributed by atoms with van der Waals surface area (Å²) in [5.41, 5.74) is 1.74. The molecule has 3 heteroatoms. The van der Waals surface area contributed by atoms with Crippen molar-refractivity contribution in [2.45, 2.75) is 19.4 Å². The number of para-hydroxylation sites is 1. The summed E-state index contributed by atoms with van der Waals surface area (Å²) in [6.45, 7) is 3.21. The standard InChI is InChI=1S/C18H19NO2/c1-15(16-8-3-2-4-9-16)20-12-7-13-21-18-11-6-5-10-17(18)14-19/h2-6,8-11,15H,7,12-13H2,1H3. The quantitative estimate of drug-likeness (QED) is 0.717. The van der Waals surface area contributed by atoms with E-state index in [1.165, 1.54) is 5.56 Å². The van der Waals surface area contributed by atoms with Crippen molar-refractivity contribution in [1.82, 2.24) is 0 Å². The minimum atomic E-state index is 0.0811. The molecule has 0 aromatic heterocycles. The number of nitrogens with zero attached hydrogens (tertiary/aromatic N) is 1. The van der Waals surface area contributed by atoms with Gasteiger partial charge in [-0.05, 0) is 24.6 Å². The first kappa shape index (κ1) is 15.1. The predicted octanol–water partition coefficient (Wildman–Crippen LogP) is 4.10. The monoisotopic (exact) mass is 281 g/mol. The van der Waals surface area contributed by atoms with Gasteiger partial charge < -0.3 is 9.47 Å². The summed E-state index contributed by atoms with van der Waals surface area (Å²) >= 11 is 0. The van der Waals surface area contributed by atoms with Crippen molar-refractivity contribution >= 4 is 0 Å². The molecule has 0 fully saturated rings. The van der Waals surface area contributed by atoms with Crippen molar-refractivity contribution in [2.24, 2.45) is 0 Å². The molecular formula is C18H19NO2. The van der Waals surface area contributed by atoms with Crippen LogP contribution in [-0.4, -0.2) is 13.2 Å². The van der Waals surface area contributed by atoms with Crippen molar-refractivity contribution < 1.29 is 9.47 Å². The fourth-order valence-corrected chi connectivity index (χ4v) is 2.01. The zero-order valence-corrected chi connectivity index (χ0v) is 12.2. The molecule has 0 bridgehead atoms. The molecule has 0 heterocycles. The zero-order chi connectivity index (χ0) is 14.9. The zero-order valence-electron chi connectivity index (χ0n) is 12.2. The topological polar surface area (TPSA) is 42.2 Å². The van der Waals surface area contributed by atoms with Crippen LogP contribution in [-0.2, 0) is 4.74 Å². The first-order chi connectivity index (χ1) is 10.3. The summed E-state index contributed by atoms with van der Waals surface area (Å²) < 4.78 is 11.4. The first-order valence-electron chi connectivity index (χ1n) is 7.09. The van der Waals surface area contributed by atoms with Gasteiger partial charge in [0.2, 0.25) is 0 Å². The summed E-state index contributed by atoms with van der Waals surface area (Å²) in [4.78, 5) is 0. The minimum Gasteiger partial charge on any atom is -0.492 e. The lowest BCUT2D eigenvalue weighted by atomic mass is 10.1. The number of ether oxygens (including phenoxy) is 2. The summed E-state index contributed by atoms with van der Waals surface area (Å²) in [5, 5.41) is 8.97. The lowest BCUT2D eigenvalue weighted by molar-refractivity contribution is 0.0571. The Morgan fingerprint density at radius 2 is 1.71 bits per heavy atom. The summed E-state index contributed by atoms with van der Waals surface area (Å²) in [5.74, 6) is 0.635. The highest BCUT2D eigenvalue weighted by atomic mass is 16.5. The SMILES string of the molecule is CC(OCCCOc1ccccc1C#N)c1ccccc1. The maximum Gasteiger partial charge on any atom is 0.137 e. The average molecular weight is 281 g/mol. The molecule has 1 unspecified atom stereocenters. The summed E-state index contributed by atoms with van der Waals surface area (Å²) in [6.07, 6.45) is 0.870. The van der Waals surface area contributed by atoms with Gasteiger partial charge in [0.15, 0.2) is 0 Å². The van der Waals surface area contributed by atoms with Crippen molar-refractivity contribution in [2.75, 3.05) is 13.2 Å². The van der Waals surface area contributed by atoms with E-state index < -0.39 is 0 Å². The molecule has 3 nitrogen and oxygen atoms in total. The van der Waals surface area contributed by atoms with Gasteiger partial charge >= 0.3 is 0 Å². The van der Waals surface area contributed by atoms with Crippen LogP contribution in [0.4, 0.5) is 0 Å². The van der Waals surface area contributed by atoms with Crippen LogP contribution in [0.3, 0.4) is 0 Å². The second-order valence-electron chi connectivity index (χ2n) is 4.73. The lowest BCUT2D eigenvalue weighted by Gasteiger charge is -2.13. The van der Waals surface area contributed by atoms with E-state index in [0.717, 1.165) is 6.42 Å². The molecule has 0 radical (unpaired) electrons. The Bertz CT molecular complexity index is 590. The second kappa shape index (κ2) is 8.08. The van der Waals surface area contributed by atoms with Crippen molar-refractivity contribution in [3.63, 3.8) is 0 Å². The van der Waals surface area contributed by atoms with Gasteiger partial charge in [0.25, 0.3) is 0 Å². The molecule has 0 spiro atoms. The summed E-state index contributed by atoms with van der Waals surface area (Å²) in [7, 11) is 0. The van der Waals surface area contributed by atoms with Crippen molar-refractivity contribution in [3.05, 3.63) is 65.7 Å². The lowest BCUT2D eigenvalue weighted by Crippen LogP contribution is -2.06. The first-order valence-corrected chi connectivity index (χ1v) is 7.09. The maximum absolute atomic E-state index is 8.97. The van der Waals surface area contributed by atoms with Crippen LogP contribution in [0, 0.1) is 11.3 Å². The van der Waals surface area contributed by atoms with E-state index in [0.29, 0.717) is 24.5 Å². The number of nitriles is 1. The number of rotatable bonds is 7. The molecule has 108 valence electrons. The largest absolute Gasteiger partial charge is 0.492 e. The van der Waals surface area contributed by atoms with Gasteiger partial charge in [0, 0.05) is 6.42 Å². The number of hydrogen-bond acceptors (Lipinski definition) is 3. The van der Waals surface area contributed by atoms with Crippen LogP contribution < -0.4 is 4.74 Å². The highest BCUT2D eigenvalue weighted by Crippen LogP contribution is 2.18. The smallest absolute Gasteiger partial charge is 0.137 e. The fraction of sp³-hybridized carbons (Fsp3) is 0.278. The Hall–Kier alpha value is -2.31. The van der Waals surface area contributed by atoms with Gasteiger partial charge in [0.1, 0.15) is 11.8 Å².